The molecule has 0 aliphatic carbocycles. The van der Waals surface area contributed by atoms with Gasteiger partial charge in [0.15, 0.2) is 11.5 Å². The molecule has 1 atom stereocenters. The number of nitrogens with zero attached hydrogens (tertiary/aromatic N) is 1. The van der Waals surface area contributed by atoms with Crippen LogP contribution >= 0.6 is 11.6 Å². The molecule has 1 aliphatic rings. The molecule has 25 heavy (non-hydrogen) atoms. The average Bonchev–Trinajstić information content (AvgIpc) is 2.86. The van der Waals surface area contributed by atoms with Gasteiger partial charge >= 0.3 is 0 Å². The van der Waals surface area contributed by atoms with Crippen molar-refractivity contribution in [3.63, 3.8) is 0 Å². The predicted octanol–water partition coefficient (Wildman–Crippen LogP) is 4.53. The van der Waals surface area contributed by atoms with Crippen molar-refractivity contribution >= 4 is 29.0 Å². The first-order valence-electron chi connectivity index (χ1n) is 8.06. The van der Waals surface area contributed by atoms with Crippen LogP contribution in [0.4, 0.5) is 5.69 Å². The molecule has 0 bridgehead atoms. The van der Waals surface area contributed by atoms with Gasteiger partial charge in [-0.1, -0.05) is 54.4 Å². The molecule has 1 unspecified atom stereocenters. The van der Waals surface area contributed by atoms with E-state index < -0.39 is 17.7 Å². The number of ketones is 1. The standard InChI is InChI=1S/C20H18ClNO3/c1-3-16(23)17-18(13-7-4-6-12(2)10-13)22(20(25)19(17)24)15-9-5-8-14(21)11-15/h4-11,18,24H,3H2,1-2H3. The van der Waals surface area contributed by atoms with Crippen LogP contribution < -0.4 is 4.90 Å². The molecule has 1 N–H and O–H groups in total. The number of carbonyl (C=O) groups is 2. The number of hydrogen-bond donors (Lipinski definition) is 1. The lowest BCUT2D eigenvalue weighted by Gasteiger charge is -2.27. The van der Waals surface area contributed by atoms with E-state index in [1.54, 1.807) is 31.2 Å². The molecular weight excluding hydrogens is 338 g/mol. The summed E-state index contributed by atoms with van der Waals surface area (Å²) in [5.41, 5.74) is 2.45. The Balaban J connectivity index is 2.20. The zero-order chi connectivity index (χ0) is 18.1. The molecule has 3 rings (SSSR count). The first-order chi connectivity index (χ1) is 11.9. The summed E-state index contributed by atoms with van der Waals surface area (Å²) in [6, 6.07) is 13.7. The molecule has 2 aromatic rings. The number of aryl methyl sites for hydroxylation is 1. The molecule has 5 heteroatoms. The van der Waals surface area contributed by atoms with Gasteiger partial charge in [0.25, 0.3) is 5.91 Å². The molecule has 128 valence electrons. The van der Waals surface area contributed by atoms with Crippen LogP contribution in [0.3, 0.4) is 0 Å². The van der Waals surface area contributed by atoms with E-state index in [0.29, 0.717) is 10.7 Å². The van der Waals surface area contributed by atoms with Crippen LogP contribution in [-0.4, -0.2) is 16.8 Å². The normalized spacial score (nSPS) is 17.3. The Morgan fingerprint density at radius 1 is 1.20 bits per heavy atom. The van der Waals surface area contributed by atoms with Crippen molar-refractivity contribution in [2.24, 2.45) is 0 Å². The second-order valence-electron chi connectivity index (χ2n) is 6.01. The van der Waals surface area contributed by atoms with Crippen molar-refractivity contribution in [1.29, 1.82) is 0 Å². The summed E-state index contributed by atoms with van der Waals surface area (Å²) in [4.78, 5) is 26.6. The van der Waals surface area contributed by atoms with Gasteiger partial charge in [-0.25, -0.2) is 0 Å². The largest absolute Gasteiger partial charge is 0.503 e. The van der Waals surface area contributed by atoms with Crippen LogP contribution in [0.1, 0.15) is 30.5 Å². The van der Waals surface area contributed by atoms with Gasteiger partial charge in [0.2, 0.25) is 0 Å². The topological polar surface area (TPSA) is 57.6 Å². The van der Waals surface area contributed by atoms with E-state index in [4.69, 9.17) is 11.6 Å². The lowest BCUT2D eigenvalue weighted by Crippen LogP contribution is -2.31. The Morgan fingerprint density at radius 2 is 1.92 bits per heavy atom. The van der Waals surface area contributed by atoms with Crippen LogP contribution in [-0.2, 0) is 9.59 Å². The van der Waals surface area contributed by atoms with E-state index in [0.717, 1.165) is 11.1 Å². The number of aliphatic hydroxyl groups is 1. The number of aliphatic hydroxyl groups excluding tert-OH is 1. The van der Waals surface area contributed by atoms with Crippen molar-refractivity contribution in [1.82, 2.24) is 0 Å². The number of carbonyl (C=O) groups excluding carboxylic acids is 2. The van der Waals surface area contributed by atoms with Crippen molar-refractivity contribution in [3.05, 3.63) is 76.0 Å². The molecule has 0 radical (unpaired) electrons. The third-order valence-corrected chi connectivity index (χ3v) is 4.51. The number of amides is 1. The highest BCUT2D eigenvalue weighted by atomic mass is 35.5. The van der Waals surface area contributed by atoms with Crippen LogP contribution in [0.15, 0.2) is 59.9 Å². The number of rotatable bonds is 4. The average molecular weight is 356 g/mol. The second-order valence-corrected chi connectivity index (χ2v) is 6.45. The Morgan fingerprint density at radius 3 is 2.56 bits per heavy atom. The number of hydrogen-bond acceptors (Lipinski definition) is 3. The van der Waals surface area contributed by atoms with Gasteiger partial charge in [-0.05, 0) is 30.7 Å². The summed E-state index contributed by atoms with van der Waals surface area (Å²) in [7, 11) is 0. The zero-order valence-corrected chi connectivity index (χ0v) is 14.7. The van der Waals surface area contributed by atoms with Gasteiger partial charge in [0.05, 0.1) is 11.6 Å². The summed E-state index contributed by atoms with van der Waals surface area (Å²) in [6.45, 7) is 3.65. The lowest BCUT2D eigenvalue weighted by molar-refractivity contribution is -0.118. The minimum Gasteiger partial charge on any atom is -0.503 e. The second kappa shape index (κ2) is 6.73. The van der Waals surface area contributed by atoms with Crippen LogP contribution in [0.5, 0.6) is 0 Å². The zero-order valence-electron chi connectivity index (χ0n) is 14.0. The minimum atomic E-state index is -0.668. The Kier molecular flexibility index (Phi) is 4.64. The fourth-order valence-corrected chi connectivity index (χ4v) is 3.31. The van der Waals surface area contributed by atoms with E-state index in [1.165, 1.54) is 4.90 Å². The molecule has 0 saturated heterocycles. The molecule has 1 amide bonds. The Bertz CT molecular complexity index is 888. The maximum atomic E-state index is 12.7. The van der Waals surface area contributed by atoms with Crippen molar-refractivity contribution < 1.29 is 14.7 Å². The molecule has 1 heterocycles. The quantitative estimate of drug-likeness (QED) is 0.876. The van der Waals surface area contributed by atoms with E-state index in [1.807, 2.05) is 31.2 Å². The summed E-state index contributed by atoms with van der Waals surface area (Å²) >= 11 is 6.07. The third-order valence-electron chi connectivity index (χ3n) is 4.27. The Labute approximate surface area is 151 Å². The minimum absolute atomic E-state index is 0.137. The third kappa shape index (κ3) is 3.05. The van der Waals surface area contributed by atoms with Crippen molar-refractivity contribution in [3.8, 4) is 0 Å². The Hall–Kier alpha value is -2.59. The summed E-state index contributed by atoms with van der Waals surface area (Å²) in [6.07, 6.45) is 0.207. The van der Waals surface area contributed by atoms with Crippen LogP contribution in [0.25, 0.3) is 0 Å². The molecule has 1 aliphatic heterocycles. The number of benzene rings is 2. The summed E-state index contributed by atoms with van der Waals surface area (Å²) < 4.78 is 0. The monoisotopic (exact) mass is 355 g/mol. The first kappa shape index (κ1) is 17.2. The molecule has 4 nitrogen and oxygen atoms in total. The fraction of sp³-hybridized carbons (Fsp3) is 0.200. The predicted molar refractivity (Wildman–Crippen MR) is 97.8 cm³/mol. The van der Waals surface area contributed by atoms with Crippen molar-refractivity contribution in [2.45, 2.75) is 26.3 Å². The summed E-state index contributed by atoms with van der Waals surface area (Å²) in [5.74, 6) is -1.33. The van der Waals surface area contributed by atoms with Crippen molar-refractivity contribution in [2.75, 3.05) is 4.90 Å². The number of Topliss-reactive ketones (excluding diaryl/α,β-unsaturated/α-hetero) is 1. The van der Waals surface area contributed by atoms with Crippen LogP contribution in [0, 0.1) is 6.92 Å². The highest BCUT2D eigenvalue weighted by Crippen LogP contribution is 2.41. The molecule has 0 fully saturated rings. The van der Waals surface area contributed by atoms with Gasteiger partial charge in [-0.2, -0.15) is 0 Å². The molecule has 0 aromatic heterocycles. The van der Waals surface area contributed by atoms with Gasteiger partial charge < -0.3 is 5.11 Å². The van der Waals surface area contributed by atoms with Gasteiger partial charge in [-0.15, -0.1) is 0 Å². The SMILES string of the molecule is CCC(=O)C1=C(O)C(=O)N(c2cccc(Cl)c2)C1c1cccc(C)c1. The fourth-order valence-electron chi connectivity index (χ4n) is 3.13. The van der Waals surface area contributed by atoms with E-state index in [-0.39, 0.29) is 17.8 Å². The summed E-state index contributed by atoms with van der Waals surface area (Å²) in [5, 5.41) is 10.9. The maximum absolute atomic E-state index is 12.7. The smallest absolute Gasteiger partial charge is 0.294 e. The lowest BCUT2D eigenvalue weighted by atomic mass is 9.94. The van der Waals surface area contributed by atoms with Gasteiger partial charge in [-0.3, -0.25) is 14.5 Å². The molecule has 0 saturated carbocycles. The molecule has 2 aromatic carbocycles. The van der Waals surface area contributed by atoms with E-state index >= 15 is 0 Å². The molecule has 0 spiro atoms. The van der Waals surface area contributed by atoms with E-state index in [9.17, 15) is 14.7 Å². The highest BCUT2D eigenvalue weighted by molar-refractivity contribution is 6.31. The maximum Gasteiger partial charge on any atom is 0.294 e. The first-order valence-corrected chi connectivity index (χ1v) is 8.43. The number of anilines is 1. The van der Waals surface area contributed by atoms with Crippen LogP contribution in [0.2, 0.25) is 5.02 Å². The van der Waals surface area contributed by atoms with Gasteiger partial charge in [0, 0.05) is 17.1 Å². The molecular formula is C20H18ClNO3. The van der Waals surface area contributed by atoms with Gasteiger partial charge in [0.1, 0.15) is 0 Å². The number of halogens is 1. The van der Waals surface area contributed by atoms with E-state index in [2.05, 4.69) is 0 Å². The highest BCUT2D eigenvalue weighted by Gasteiger charge is 2.43.